The Bertz CT molecular complexity index is 466. The minimum Gasteiger partial charge on any atom is -0.444 e. The van der Waals surface area contributed by atoms with Gasteiger partial charge in [-0.05, 0) is 39.0 Å². The molecule has 0 heterocycles. The van der Waals surface area contributed by atoms with Crippen LogP contribution in [0.5, 0.6) is 0 Å². The maximum absolute atomic E-state index is 11.6. The van der Waals surface area contributed by atoms with Crippen LogP contribution in [-0.4, -0.2) is 24.7 Å². The number of hydroxylamine groups is 1. The first kappa shape index (κ1) is 15.0. The van der Waals surface area contributed by atoms with Gasteiger partial charge in [0.25, 0.3) is 5.91 Å². The minimum atomic E-state index is -0.574. The van der Waals surface area contributed by atoms with Crippen LogP contribution in [0.3, 0.4) is 0 Å². The Labute approximate surface area is 112 Å². The van der Waals surface area contributed by atoms with Crippen molar-refractivity contribution in [2.75, 3.05) is 12.4 Å². The van der Waals surface area contributed by atoms with Gasteiger partial charge in [0.05, 0.1) is 7.11 Å². The fourth-order valence-corrected chi connectivity index (χ4v) is 1.31. The lowest BCUT2D eigenvalue weighted by Crippen LogP contribution is -2.27. The number of rotatable bonds is 3. The number of nitrogens with one attached hydrogen (secondary N) is 2. The summed E-state index contributed by atoms with van der Waals surface area (Å²) in [7, 11) is 1.35. The fraction of sp³-hybridized carbons (Fsp3) is 0.385. The molecule has 6 nitrogen and oxygen atoms in total. The van der Waals surface area contributed by atoms with Crippen molar-refractivity contribution in [3.05, 3.63) is 29.8 Å². The molecule has 1 rings (SSSR count). The molecule has 19 heavy (non-hydrogen) atoms. The van der Waals surface area contributed by atoms with Gasteiger partial charge in [0.1, 0.15) is 5.60 Å². The third-order valence-electron chi connectivity index (χ3n) is 1.96. The van der Waals surface area contributed by atoms with Crippen molar-refractivity contribution in [2.24, 2.45) is 0 Å². The molecular weight excluding hydrogens is 248 g/mol. The molecule has 1 aromatic rings. The highest BCUT2D eigenvalue weighted by atomic mass is 16.6. The van der Waals surface area contributed by atoms with Gasteiger partial charge < -0.3 is 4.74 Å². The van der Waals surface area contributed by atoms with Gasteiger partial charge in [-0.1, -0.05) is 6.07 Å². The first-order valence-electron chi connectivity index (χ1n) is 5.75. The van der Waals surface area contributed by atoms with Crippen LogP contribution in [-0.2, 0) is 9.57 Å². The Balaban J connectivity index is 2.72. The molecule has 0 aliphatic heterocycles. The van der Waals surface area contributed by atoms with E-state index in [1.165, 1.54) is 13.2 Å². The van der Waals surface area contributed by atoms with E-state index in [1.54, 1.807) is 39.0 Å². The molecule has 0 bridgehead atoms. The van der Waals surface area contributed by atoms with E-state index in [1.807, 2.05) is 0 Å². The lowest BCUT2D eigenvalue weighted by Gasteiger charge is -2.19. The smallest absolute Gasteiger partial charge is 0.412 e. The third kappa shape index (κ3) is 5.39. The predicted molar refractivity (Wildman–Crippen MR) is 70.8 cm³/mol. The number of amides is 2. The van der Waals surface area contributed by atoms with Crippen molar-refractivity contribution in [3.8, 4) is 0 Å². The second-order valence-electron chi connectivity index (χ2n) is 4.84. The SMILES string of the molecule is CONC(=O)c1cccc(NC(=O)OC(C)(C)C)c1. The van der Waals surface area contributed by atoms with E-state index in [9.17, 15) is 9.59 Å². The van der Waals surface area contributed by atoms with Gasteiger partial charge >= 0.3 is 6.09 Å². The Kier molecular flexibility index (Phi) is 4.88. The van der Waals surface area contributed by atoms with Crippen LogP contribution in [0, 0.1) is 0 Å². The van der Waals surface area contributed by atoms with Crippen LogP contribution in [0.4, 0.5) is 10.5 Å². The zero-order valence-corrected chi connectivity index (χ0v) is 11.4. The first-order chi connectivity index (χ1) is 8.81. The number of anilines is 1. The quantitative estimate of drug-likeness (QED) is 0.823. The zero-order chi connectivity index (χ0) is 14.5. The van der Waals surface area contributed by atoms with Gasteiger partial charge in [-0.2, -0.15) is 0 Å². The van der Waals surface area contributed by atoms with Crippen LogP contribution in [0.15, 0.2) is 24.3 Å². The molecule has 0 unspecified atom stereocenters. The number of carbonyl (C=O) groups is 2. The largest absolute Gasteiger partial charge is 0.444 e. The molecule has 0 fully saturated rings. The Hall–Kier alpha value is -2.08. The summed E-state index contributed by atoms with van der Waals surface area (Å²) in [5.41, 5.74) is 2.46. The molecule has 0 saturated heterocycles. The van der Waals surface area contributed by atoms with Gasteiger partial charge in [-0.25, -0.2) is 10.3 Å². The fourth-order valence-electron chi connectivity index (χ4n) is 1.31. The van der Waals surface area contributed by atoms with Gasteiger partial charge in [0.15, 0.2) is 0 Å². The van der Waals surface area contributed by atoms with Crippen LogP contribution in [0.25, 0.3) is 0 Å². The standard InChI is InChI=1S/C13H18N2O4/c1-13(2,3)19-12(17)14-10-7-5-6-9(8-10)11(16)15-18-4/h5-8H,1-4H3,(H,14,17)(H,15,16). The van der Waals surface area contributed by atoms with Crippen LogP contribution < -0.4 is 10.8 Å². The summed E-state index contributed by atoms with van der Waals surface area (Å²) in [4.78, 5) is 27.6. The average molecular weight is 266 g/mol. The molecule has 0 saturated carbocycles. The summed E-state index contributed by atoms with van der Waals surface area (Å²) < 4.78 is 5.11. The van der Waals surface area contributed by atoms with Crippen molar-refractivity contribution in [2.45, 2.75) is 26.4 Å². The van der Waals surface area contributed by atoms with Gasteiger partial charge in [-0.3, -0.25) is 14.9 Å². The van der Waals surface area contributed by atoms with E-state index in [-0.39, 0.29) is 0 Å². The molecule has 0 atom stereocenters. The number of carbonyl (C=O) groups excluding carboxylic acids is 2. The maximum Gasteiger partial charge on any atom is 0.412 e. The monoisotopic (exact) mass is 266 g/mol. The summed E-state index contributed by atoms with van der Waals surface area (Å²) in [5.74, 6) is -0.393. The molecule has 104 valence electrons. The Morgan fingerprint density at radius 3 is 2.47 bits per heavy atom. The van der Waals surface area contributed by atoms with E-state index < -0.39 is 17.6 Å². The van der Waals surface area contributed by atoms with Crippen LogP contribution in [0.2, 0.25) is 0 Å². The number of hydrogen-bond acceptors (Lipinski definition) is 4. The molecule has 0 radical (unpaired) electrons. The molecule has 6 heteroatoms. The van der Waals surface area contributed by atoms with Gasteiger partial charge in [0.2, 0.25) is 0 Å². The highest BCUT2D eigenvalue weighted by Gasteiger charge is 2.16. The lowest BCUT2D eigenvalue weighted by molar-refractivity contribution is 0.0536. The maximum atomic E-state index is 11.6. The molecule has 0 spiro atoms. The van der Waals surface area contributed by atoms with Gasteiger partial charge in [-0.15, -0.1) is 0 Å². The Morgan fingerprint density at radius 1 is 1.21 bits per heavy atom. The van der Waals surface area contributed by atoms with Gasteiger partial charge in [0, 0.05) is 11.3 Å². The van der Waals surface area contributed by atoms with E-state index >= 15 is 0 Å². The number of benzene rings is 1. The second kappa shape index (κ2) is 6.19. The molecule has 2 N–H and O–H groups in total. The molecule has 2 amide bonds. The highest BCUT2D eigenvalue weighted by molar-refractivity contribution is 5.95. The van der Waals surface area contributed by atoms with Crippen molar-refractivity contribution < 1.29 is 19.2 Å². The van der Waals surface area contributed by atoms with Crippen molar-refractivity contribution in [1.82, 2.24) is 5.48 Å². The highest BCUT2D eigenvalue weighted by Crippen LogP contribution is 2.13. The van der Waals surface area contributed by atoms with E-state index in [0.29, 0.717) is 11.3 Å². The summed E-state index contributed by atoms with van der Waals surface area (Å²) in [5, 5.41) is 2.55. The van der Waals surface area contributed by atoms with Crippen LogP contribution in [0.1, 0.15) is 31.1 Å². The topological polar surface area (TPSA) is 76.7 Å². The zero-order valence-electron chi connectivity index (χ0n) is 11.4. The molecule has 0 aliphatic carbocycles. The van der Waals surface area contributed by atoms with E-state index in [0.717, 1.165) is 0 Å². The normalized spacial score (nSPS) is 10.7. The minimum absolute atomic E-state index is 0.371. The summed E-state index contributed by atoms with van der Waals surface area (Å²) in [6, 6.07) is 6.44. The Morgan fingerprint density at radius 2 is 1.89 bits per heavy atom. The predicted octanol–water partition coefficient (Wildman–Crippen LogP) is 2.32. The van der Waals surface area contributed by atoms with E-state index in [4.69, 9.17) is 4.74 Å². The number of hydrogen-bond donors (Lipinski definition) is 2. The lowest BCUT2D eigenvalue weighted by atomic mass is 10.2. The first-order valence-corrected chi connectivity index (χ1v) is 5.75. The third-order valence-corrected chi connectivity index (χ3v) is 1.96. The molecular formula is C13H18N2O4. The van der Waals surface area contributed by atoms with Crippen molar-refractivity contribution >= 4 is 17.7 Å². The molecule has 0 aromatic heterocycles. The van der Waals surface area contributed by atoms with Crippen LogP contribution >= 0.6 is 0 Å². The average Bonchev–Trinajstić information content (AvgIpc) is 2.27. The van der Waals surface area contributed by atoms with E-state index in [2.05, 4.69) is 15.6 Å². The number of ether oxygens (including phenoxy) is 1. The van der Waals surface area contributed by atoms with Crippen molar-refractivity contribution in [3.63, 3.8) is 0 Å². The molecule has 1 aromatic carbocycles. The van der Waals surface area contributed by atoms with Crippen molar-refractivity contribution in [1.29, 1.82) is 0 Å². The molecule has 0 aliphatic rings. The summed E-state index contributed by atoms with van der Waals surface area (Å²) >= 11 is 0. The second-order valence-corrected chi connectivity index (χ2v) is 4.84. The summed E-state index contributed by atoms with van der Waals surface area (Å²) in [6.07, 6.45) is -0.572. The summed E-state index contributed by atoms with van der Waals surface area (Å²) in [6.45, 7) is 5.32.